The van der Waals surface area contributed by atoms with Crippen molar-refractivity contribution in [1.29, 1.82) is 0 Å². The van der Waals surface area contributed by atoms with E-state index in [1.54, 1.807) is 12.1 Å². The van der Waals surface area contributed by atoms with Gasteiger partial charge in [0.15, 0.2) is 0 Å². The summed E-state index contributed by atoms with van der Waals surface area (Å²) in [4.78, 5) is 10.7. The predicted molar refractivity (Wildman–Crippen MR) is 92.6 cm³/mol. The van der Waals surface area contributed by atoms with E-state index >= 15 is 0 Å². The van der Waals surface area contributed by atoms with E-state index < -0.39 is 4.92 Å². The Morgan fingerprint density at radius 1 is 1.29 bits per heavy atom. The third-order valence-electron chi connectivity index (χ3n) is 4.90. The minimum atomic E-state index is -0.468. The Morgan fingerprint density at radius 2 is 2.12 bits per heavy atom. The number of phenolic OH excluding ortho intramolecular Hbond substituents is 1. The van der Waals surface area contributed by atoms with Crippen LogP contribution in [0, 0.1) is 16.0 Å². The number of hydrogen-bond acceptors (Lipinski definition) is 4. The van der Waals surface area contributed by atoms with Crippen molar-refractivity contribution in [2.75, 3.05) is 5.32 Å². The fourth-order valence-corrected chi connectivity index (χ4v) is 3.98. The summed E-state index contributed by atoms with van der Waals surface area (Å²) in [5.74, 6) is 0.632. The van der Waals surface area contributed by atoms with E-state index in [2.05, 4.69) is 17.5 Å². The summed E-state index contributed by atoms with van der Waals surface area (Å²) >= 11 is 5.93. The quantitative estimate of drug-likeness (QED) is 0.356. The third-order valence-corrected chi connectivity index (χ3v) is 5.22. The van der Waals surface area contributed by atoms with Gasteiger partial charge < -0.3 is 10.4 Å². The van der Waals surface area contributed by atoms with Gasteiger partial charge in [-0.2, -0.15) is 0 Å². The molecule has 1 heterocycles. The van der Waals surface area contributed by atoms with Crippen molar-refractivity contribution >= 4 is 23.0 Å². The standard InChI is InChI=1S/C18H15ClN2O3/c19-14-8-7-10(9-15(14)21(23)24)17-12-4-1-3-11(12)13-5-2-6-16(22)18(13)20-17/h1-3,5-9,11-12,17,20,22H,4H2. The van der Waals surface area contributed by atoms with Crippen molar-refractivity contribution in [2.45, 2.75) is 18.4 Å². The molecule has 0 saturated carbocycles. The highest BCUT2D eigenvalue weighted by Gasteiger charge is 2.39. The third kappa shape index (κ3) is 2.24. The van der Waals surface area contributed by atoms with Crippen LogP contribution >= 0.6 is 11.6 Å². The van der Waals surface area contributed by atoms with Crippen molar-refractivity contribution < 1.29 is 10.0 Å². The van der Waals surface area contributed by atoms with E-state index in [9.17, 15) is 15.2 Å². The second kappa shape index (κ2) is 5.53. The average molecular weight is 343 g/mol. The van der Waals surface area contributed by atoms with Gasteiger partial charge in [0.2, 0.25) is 0 Å². The van der Waals surface area contributed by atoms with Crippen LogP contribution < -0.4 is 5.32 Å². The van der Waals surface area contributed by atoms with Crippen LogP contribution in [-0.2, 0) is 0 Å². The van der Waals surface area contributed by atoms with Crippen molar-refractivity contribution in [2.24, 2.45) is 5.92 Å². The molecular formula is C18H15ClN2O3. The molecule has 1 aliphatic heterocycles. The molecule has 2 N–H and O–H groups in total. The molecule has 0 spiro atoms. The lowest BCUT2D eigenvalue weighted by atomic mass is 9.77. The molecule has 1 aliphatic carbocycles. The van der Waals surface area contributed by atoms with Crippen molar-refractivity contribution in [3.05, 3.63) is 74.8 Å². The first-order valence-electron chi connectivity index (χ1n) is 7.75. The number of hydrogen-bond donors (Lipinski definition) is 2. The average Bonchev–Trinajstić information content (AvgIpc) is 3.05. The molecule has 3 atom stereocenters. The molecule has 0 aromatic heterocycles. The Labute approximate surface area is 143 Å². The number of anilines is 1. The number of aromatic hydroxyl groups is 1. The zero-order valence-corrected chi connectivity index (χ0v) is 13.4. The Hall–Kier alpha value is -2.53. The molecule has 0 fully saturated rings. The lowest BCUT2D eigenvalue weighted by Crippen LogP contribution is -2.29. The maximum absolute atomic E-state index is 11.2. The number of para-hydroxylation sites is 1. The Balaban J connectivity index is 1.81. The van der Waals surface area contributed by atoms with Gasteiger partial charge in [-0.3, -0.25) is 10.1 Å². The van der Waals surface area contributed by atoms with E-state index in [1.807, 2.05) is 18.2 Å². The highest BCUT2D eigenvalue weighted by molar-refractivity contribution is 6.32. The van der Waals surface area contributed by atoms with Gasteiger partial charge in [-0.1, -0.05) is 42.0 Å². The lowest BCUT2D eigenvalue weighted by molar-refractivity contribution is -0.384. The van der Waals surface area contributed by atoms with E-state index in [0.717, 1.165) is 17.5 Å². The smallest absolute Gasteiger partial charge is 0.288 e. The molecule has 5 nitrogen and oxygen atoms in total. The van der Waals surface area contributed by atoms with E-state index in [4.69, 9.17) is 11.6 Å². The number of nitrogens with one attached hydrogen (secondary N) is 1. The molecule has 0 bridgehead atoms. The largest absolute Gasteiger partial charge is 0.506 e. The number of halogens is 1. The molecular weight excluding hydrogens is 328 g/mol. The number of benzene rings is 2. The van der Waals surface area contributed by atoms with Gasteiger partial charge in [0.1, 0.15) is 10.8 Å². The maximum Gasteiger partial charge on any atom is 0.288 e. The molecule has 2 aliphatic rings. The Kier molecular flexibility index (Phi) is 3.46. The van der Waals surface area contributed by atoms with Crippen molar-refractivity contribution in [3.63, 3.8) is 0 Å². The monoisotopic (exact) mass is 342 g/mol. The number of fused-ring (bicyclic) bond motifs is 3. The summed E-state index contributed by atoms with van der Waals surface area (Å²) in [5, 5.41) is 24.9. The highest BCUT2D eigenvalue weighted by atomic mass is 35.5. The minimum Gasteiger partial charge on any atom is -0.506 e. The SMILES string of the molecule is O=[N+]([O-])c1cc(C2Nc3c(O)cccc3C3C=CCC32)ccc1Cl. The summed E-state index contributed by atoms with van der Waals surface area (Å²) < 4.78 is 0. The van der Waals surface area contributed by atoms with Gasteiger partial charge in [-0.05, 0) is 35.6 Å². The van der Waals surface area contributed by atoms with E-state index in [1.165, 1.54) is 6.07 Å². The van der Waals surface area contributed by atoms with Crippen LogP contribution in [0.15, 0.2) is 48.6 Å². The summed E-state index contributed by atoms with van der Waals surface area (Å²) in [7, 11) is 0. The van der Waals surface area contributed by atoms with Crippen LogP contribution in [0.2, 0.25) is 5.02 Å². The molecule has 2 aromatic rings. The molecule has 0 amide bonds. The van der Waals surface area contributed by atoms with Gasteiger partial charge in [0.05, 0.1) is 16.7 Å². The van der Waals surface area contributed by atoms with Crippen molar-refractivity contribution in [3.8, 4) is 5.75 Å². The number of nitrogens with zero attached hydrogens (tertiary/aromatic N) is 1. The number of nitro benzene ring substituents is 1. The van der Waals surface area contributed by atoms with Crippen LogP contribution in [0.25, 0.3) is 0 Å². The van der Waals surface area contributed by atoms with E-state index in [0.29, 0.717) is 5.69 Å². The minimum absolute atomic E-state index is 0.0958. The van der Waals surface area contributed by atoms with Crippen molar-refractivity contribution in [1.82, 2.24) is 0 Å². The predicted octanol–water partition coefficient (Wildman–Crippen LogP) is 4.78. The molecule has 24 heavy (non-hydrogen) atoms. The normalized spacial score (nSPS) is 24.1. The maximum atomic E-state index is 11.2. The van der Waals surface area contributed by atoms with Crippen LogP contribution in [0.1, 0.15) is 29.5 Å². The van der Waals surface area contributed by atoms with Gasteiger partial charge in [0.25, 0.3) is 5.69 Å². The topological polar surface area (TPSA) is 75.4 Å². The van der Waals surface area contributed by atoms with Crippen LogP contribution in [0.4, 0.5) is 11.4 Å². The molecule has 6 heteroatoms. The van der Waals surface area contributed by atoms with Crippen LogP contribution in [0.3, 0.4) is 0 Å². The first-order chi connectivity index (χ1) is 11.6. The summed E-state index contributed by atoms with van der Waals surface area (Å²) in [6.07, 6.45) is 5.17. The summed E-state index contributed by atoms with van der Waals surface area (Å²) in [6.45, 7) is 0. The Morgan fingerprint density at radius 3 is 2.92 bits per heavy atom. The second-order valence-electron chi connectivity index (χ2n) is 6.18. The van der Waals surface area contributed by atoms with Gasteiger partial charge in [0, 0.05) is 12.0 Å². The van der Waals surface area contributed by atoms with Crippen LogP contribution in [-0.4, -0.2) is 10.0 Å². The fraction of sp³-hybridized carbons (Fsp3) is 0.222. The molecule has 0 saturated heterocycles. The number of phenols is 1. The summed E-state index contributed by atoms with van der Waals surface area (Å²) in [6, 6.07) is 10.3. The second-order valence-corrected chi connectivity index (χ2v) is 6.59. The summed E-state index contributed by atoms with van der Waals surface area (Å²) in [5.41, 5.74) is 2.47. The first kappa shape index (κ1) is 15.0. The van der Waals surface area contributed by atoms with Gasteiger partial charge in [-0.25, -0.2) is 0 Å². The fourth-order valence-electron chi connectivity index (χ4n) is 3.80. The highest BCUT2D eigenvalue weighted by Crippen LogP contribution is 2.52. The van der Waals surface area contributed by atoms with Crippen LogP contribution in [0.5, 0.6) is 5.75 Å². The molecule has 4 rings (SSSR count). The lowest BCUT2D eigenvalue weighted by Gasteiger charge is -2.37. The molecule has 122 valence electrons. The Bertz CT molecular complexity index is 865. The first-order valence-corrected chi connectivity index (χ1v) is 8.13. The molecule has 2 aromatic carbocycles. The molecule has 3 unspecified atom stereocenters. The molecule has 0 radical (unpaired) electrons. The van der Waals surface area contributed by atoms with Gasteiger partial charge in [-0.15, -0.1) is 0 Å². The number of nitro groups is 1. The zero-order valence-electron chi connectivity index (χ0n) is 12.6. The van der Waals surface area contributed by atoms with Gasteiger partial charge >= 0.3 is 0 Å². The number of rotatable bonds is 2. The van der Waals surface area contributed by atoms with E-state index in [-0.39, 0.29) is 34.3 Å². The number of allylic oxidation sites excluding steroid dienone is 2. The zero-order chi connectivity index (χ0) is 16.8.